The van der Waals surface area contributed by atoms with Gasteiger partial charge in [-0.05, 0) is 79.9 Å². The summed E-state index contributed by atoms with van der Waals surface area (Å²) in [4.78, 5) is 29.5. The molecule has 2 aromatic carbocycles. The molecule has 4 bridgehead atoms. The lowest BCUT2D eigenvalue weighted by atomic mass is 9.55. The van der Waals surface area contributed by atoms with Crippen LogP contribution in [0.5, 0.6) is 0 Å². The van der Waals surface area contributed by atoms with Gasteiger partial charge in [-0.3, -0.25) is 10.1 Å². The Hall–Kier alpha value is -3.54. The molecule has 0 atom stereocenters. The van der Waals surface area contributed by atoms with Crippen molar-refractivity contribution >= 4 is 29.0 Å². The number of benzene rings is 2. The highest BCUT2D eigenvalue weighted by Gasteiger charge is 2.50. The number of hydrogen-bond acceptors (Lipinski definition) is 3. The third kappa shape index (κ3) is 4.77. The van der Waals surface area contributed by atoms with Crippen molar-refractivity contribution in [2.24, 2.45) is 23.7 Å². The number of carbonyl (C=O) groups is 2. The van der Waals surface area contributed by atoms with E-state index in [0.717, 1.165) is 33.9 Å². The Labute approximate surface area is 211 Å². The number of ether oxygens (including phenoxy) is 1. The molecule has 0 aliphatic heterocycles. The predicted molar refractivity (Wildman–Crippen MR) is 140 cm³/mol. The summed E-state index contributed by atoms with van der Waals surface area (Å²) in [5.41, 5.74) is 3.16. The molecule has 7 rings (SSSR count). The Morgan fingerprint density at radius 1 is 0.917 bits per heavy atom. The molecule has 4 saturated carbocycles. The third-order valence-corrected chi connectivity index (χ3v) is 8.33. The zero-order valence-electron chi connectivity index (χ0n) is 20.4. The zero-order valence-corrected chi connectivity index (χ0v) is 20.4. The lowest BCUT2D eigenvalue weighted by molar-refractivity contribution is -0.118. The fourth-order valence-electron chi connectivity index (χ4n) is 6.92. The highest BCUT2D eigenvalue weighted by molar-refractivity contribution is 6.02. The van der Waals surface area contributed by atoms with Gasteiger partial charge in [0, 0.05) is 29.2 Å². The van der Waals surface area contributed by atoms with Crippen molar-refractivity contribution in [3.05, 3.63) is 77.6 Å². The number of H-pyrrole nitrogens is 1. The van der Waals surface area contributed by atoms with Crippen molar-refractivity contribution < 1.29 is 14.3 Å². The summed E-state index contributed by atoms with van der Waals surface area (Å²) < 4.78 is 6.01. The minimum Gasteiger partial charge on any atom is -0.445 e. The lowest BCUT2D eigenvalue weighted by Gasteiger charge is -2.53. The lowest BCUT2D eigenvalue weighted by Crippen LogP contribution is -2.51. The monoisotopic (exact) mass is 483 g/mol. The number of carbonyl (C=O) groups excluding carboxylic acids is 2. The van der Waals surface area contributed by atoms with Crippen molar-refractivity contribution in [1.82, 2.24) is 15.6 Å². The van der Waals surface area contributed by atoms with Gasteiger partial charge in [0.15, 0.2) is 0 Å². The third-order valence-electron chi connectivity index (χ3n) is 8.33. The zero-order chi connectivity index (χ0) is 24.5. The Bertz CT molecular complexity index is 1250. The molecule has 1 heterocycles. The number of hydrogen-bond donors (Lipinski definition) is 3. The number of para-hydroxylation sites is 1. The number of alkyl carbamates (subject to hydrolysis) is 1. The van der Waals surface area contributed by atoms with Crippen LogP contribution in [-0.4, -0.2) is 29.6 Å². The van der Waals surface area contributed by atoms with Crippen molar-refractivity contribution in [1.29, 1.82) is 0 Å². The number of aromatic amines is 1. The molecule has 6 heteroatoms. The Morgan fingerprint density at radius 3 is 2.36 bits per heavy atom. The maximum atomic E-state index is 13.2. The molecule has 0 spiro atoms. The van der Waals surface area contributed by atoms with Crippen LogP contribution in [0.1, 0.15) is 43.2 Å². The molecule has 4 fully saturated rings. The van der Waals surface area contributed by atoms with Gasteiger partial charge in [0.1, 0.15) is 11.8 Å². The van der Waals surface area contributed by atoms with Crippen LogP contribution in [0, 0.1) is 23.7 Å². The molecule has 0 saturated heterocycles. The molecule has 1 aromatic heterocycles. The fourth-order valence-corrected chi connectivity index (χ4v) is 6.92. The molecule has 0 unspecified atom stereocenters. The molecule has 4 aliphatic rings. The second kappa shape index (κ2) is 9.84. The van der Waals surface area contributed by atoms with Crippen LogP contribution in [0.3, 0.4) is 0 Å². The topological polar surface area (TPSA) is 83.2 Å². The van der Waals surface area contributed by atoms with Crippen molar-refractivity contribution in [2.75, 3.05) is 6.54 Å². The second-order valence-corrected chi connectivity index (χ2v) is 10.8. The average Bonchev–Trinajstić information content (AvgIpc) is 3.29. The highest BCUT2D eigenvalue weighted by Crippen LogP contribution is 2.54. The first kappa shape index (κ1) is 22.9. The molecular formula is C30H33N3O3. The van der Waals surface area contributed by atoms with Crippen LogP contribution in [-0.2, 0) is 16.0 Å². The van der Waals surface area contributed by atoms with Crippen molar-refractivity contribution in [3.63, 3.8) is 0 Å². The van der Waals surface area contributed by atoms with Gasteiger partial charge in [0.25, 0.3) is 5.91 Å². The Morgan fingerprint density at radius 2 is 1.61 bits per heavy atom. The Kier molecular flexibility index (Phi) is 6.26. The normalized spacial score (nSPS) is 26.7. The maximum Gasteiger partial charge on any atom is 0.412 e. The van der Waals surface area contributed by atoms with Crippen molar-refractivity contribution in [2.45, 2.75) is 44.6 Å². The number of nitrogens with one attached hydrogen (secondary N) is 3. The van der Waals surface area contributed by atoms with Gasteiger partial charge in [-0.1, -0.05) is 48.5 Å². The minimum atomic E-state index is -0.531. The van der Waals surface area contributed by atoms with E-state index in [-0.39, 0.29) is 17.7 Å². The van der Waals surface area contributed by atoms with E-state index in [2.05, 4.69) is 15.6 Å². The minimum absolute atomic E-state index is 0.0340. The molecule has 4 aliphatic carbocycles. The quantitative estimate of drug-likeness (QED) is 0.393. The van der Waals surface area contributed by atoms with E-state index in [1.807, 2.05) is 60.8 Å². The van der Waals surface area contributed by atoms with E-state index in [1.54, 1.807) is 6.08 Å². The highest BCUT2D eigenvalue weighted by atomic mass is 16.6. The van der Waals surface area contributed by atoms with E-state index in [9.17, 15) is 9.59 Å². The van der Waals surface area contributed by atoms with E-state index < -0.39 is 6.09 Å². The van der Waals surface area contributed by atoms with Gasteiger partial charge < -0.3 is 15.0 Å². The largest absolute Gasteiger partial charge is 0.445 e. The second-order valence-electron chi connectivity index (χ2n) is 10.8. The van der Waals surface area contributed by atoms with E-state index >= 15 is 0 Å². The van der Waals surface area contributed by atoms with Crippen molar-refractivity contribution in [3.8, 4) is 0 Å². The van der Waals surface area contributed by atoms with E-state index in [1.165, 1.54) is 32.1 Å². The van der Waals surface area contributed by atoms with Gasteiger partial charge >= 0.3 is 6.09 Å². The van der Waals surface area contributed by atoms with Crippen LogP contribution in [0.25, 0.3) is 17.0 Å². The number of amides is 2. The Balaban J connectivity index is 1.17. The van der Waals surface area contributed by atoms with Crippen LogP contribution in [0.4, 0.5) is 4.79 Å². The predicted octanol–water partition coefficient (Wildman–Crippen LogP) is 5.42. The molecule has 0 radical (unpaired) electrons. The summed E-state index contributed by atoms with van der Waals surface area (Å²) in [5, 5.41) is 6.76. The summed E-state index contributed by atoms with van der Waals surface area (Å²) in [6, 6.07) is 17.9. The van der Waals surface area contributed by atoms with Crippen LogP contribution >= 0.6 is 0 Å². The van der Waals surface area contributed by atoms with Gasteiger partial charge in [-0.2, -0.15) is 0 Å². The summed E-state index contributed by atoms with van der Waals surface area (Å²) in [7, 11) is 0. The van der Waals surface area contributed by atoms with Gasteiger partial charge in [0.2, 0.25) is 0 Å². The van der Waals surface area contributed by atoms with Gasteiger partial charge in [-0.25, -0.2) is 4.79 Å². The average molecular weight is 484 g/mol. The van der Waals surface area contributed by atoms with E-state index in [0.29, 0.717) is 24.8 Å². The standard InChI is InChI=1S/C30H33N3O3/c34-29(31-11-10-19-6-2-1-3-7-19)27(17-24-18-32-26-9-5-4-8-25(24)26)33-30(35)36-28-22-13-20-12-21(15-22)16-23(28)14-20/h1-9,17-18,20-23,28,32H,10-16H2,(H,31,34)(H,33,35)/b27-17-. The first-order chi connectivity index (χ1) is 17.6. The maximum absolute atomic E-state index is 13.2. The first-order valence-corrected chi connectivity index (χ1v) is 13.2. The first-order valence-electron chi connectivity index (χ1n) is 13.2. The van der Waals surface area contributed by atoms with Crippen LogP contribution in [0.2, 0.25) is 0 Å². The summed E-state index contributed by atoms with van der Waals surface area (Å²) >= 11 is 0. The fraction of sp³-hybridized carbons (Fsp3) is 0.400. The van der Waals surface area contributed by atoms with Crippen LogP contribution in [0.15, 0.2) is 66.5 Å². The molecule has 36 heavy (non-hydrogen) atoms. The number of fused-ring (bicyclic) bond motifs is 1. The molecule has 3 N–H and O–H groups in total. The van der Waals surface area contributed by atoms with Gasteiger partial charge in [-0.15, -0.1) is 0 Å². The molecule has 2 amide bonds. The van der Waals surface area contributed by atoms with Gasteiger partial charge in [0.05, 0.1) is 0 Å². The van der Waals surface area contributed by atoms with Crippen LogP contribution < -0.4 is 10.6 Å². The smallest absolute Gasteiger partial charge is 0.412 e. The van der Waals surface area contributed by atoms with E-state index in [4.69, 9.17) is 4.74 Å². The summed E-state index contributed by atoms with van der Waals surface area (Å²) in [6.07, 6.45) is 9.77. The summed E-state index contributed by atoms with van der Waals surface area (Å²) in [6.45, 7) is 0.473. The molecule has 186 valence electrons. The number of rotatable bonds is 7. The summed E-state index contributed by atoms with van der Waals surface area (Å²) in [5.74, 6) is 2.23. The SMILES string of the molecule is O=C(N/C(=C\c1c[nH]c2ccccc12)C(=O)NCCc1ccccc1)OC1C2CC3CC(C2)CC1C3. The number of aromatic nitrogens is 1. The molecular weight excluding hydrogens is 450 g/mol. The molecule has 6 nitrogen and oxygen atoms in total. The molecule has 3 aromatic rings.